The van der Waals surface area contributed by atoms with Gasteiger partial charge in [-0.3, -0.25) is 4.79 Å². The monoisotopic (exact) mass is 442 g/mol. The maximum Gasteiger partial charge on any atom is 0.335 e. The Balaban J connectivity index is 1.57. The number of benzene rings is 2. The minimum atomic E-state index is -1.08. The van der Waals surface area contributed by atoms with E-state index in [0.29, 0.717) is 37.9 Å². The van der Waals surface area contributed by atoms with Crippen LogP contribution in [0.15, 0.2) is 68.9 Å². The van der Waals surface area contributed by atoms with Gasteiger partial charge in [-0.2, -0.15) is 0 Å². The van der Waals surface area contributed by atoms with Crippen molar-refractivity contribution in [3.8, 4) is 11.3 Å². The lowest BCUT2D eigenvalue weighted by Gasteiger charge is -2.02. The van der Waals surface area contributed by atoms with Gasteiger partial charge in [-0.25, -0.2) is 14.2 Å². The summed E-state index contributed by atoms with van der Waals surface area (Å²) < 4.78 is 18.7. The fourth-order valence-electron chi connectivity index (χ4n) is 2.66. The predicted molar refractivity (Wildman–Crippen MR) is 113 cm³/mol. The van der Waals surface area contributed by atoms with Gasteiger partial charge >= 0.3 is 5.97 Å². The van der Waals surface area contributed by atoms with Gasteiger partial charge in [0.15, 0.2) is 5.17 Å². The van der Waals surface area contributed by atoms with Crippen LogP contribution >= 0.6 is 23.4 Å². The Kier molecular flexibility index (Phi) is 5.43. The molecule has 1 aliphatic rings. The molecule has 1 fully saturated rings. The molecule has 9 heteroatoms. The molecular weight excluding hydrogens is 431 g/mol. The van der Waals surface area contributed by atoms with Crippen LogP contribution in [0.1, 0.15) is 16.1 Å². The van der Waals surface area contributed by atoms with Crippen LogP contribution in [-0.2, 0) is 4.79 Å². The molecule has 0 radical (unpaired) electrons. The van der Waals surface area contributed by atoms with Crippen molar-refractivity contribution in [3.63, 3.8) is 0 Å². The first-order valence-corrected chi connectivity index (χ1v) is 9.77. The Morgan fingerprint density at radius 2 is 1.93 bits per heavy atom. The van der Waals surface area contributed by atoms with Gasteiger partial charge in [-0.15, -0.1) is 0 Å². The lowest BCUT2D eigenvalue weighted by molar-refractivity contribution is -0.115. The van der Waals surface area contributed by atoms with E-state index in [2.05, 4.69) is 10.3 Å². The number of hydrogen-bond donors (Lipinski definition) is 2. The molecule has 0 saturated carbocycles. The third-order valence-electron chi connectivity index (χ3n) is 4.09. The van der Waals surface area contributed by atoms with E-state index in [0.717, 1.165) is 11.8 Å². The Morgan fingerprint density at radius 3 is 2.67 bits per heavy atom. The standard InChI is InChI=1S/C21H12ClFN2O4S/c22-16-7-1-11(20(27)28)9-15(16)17-8-6-14(29-17)10-18-19(26)25-21(30-18)24-13-4-2-12(23)3-5-13/h1-10H,(H,27,28)(H,24,25,26)/b18-10-. The summed E-state index contributed by atoms with van der Waals surface area (Å²) in [5.41, 5.74) is 1.02. The average Bonchev–Trinajstić information content (AvgIpc) is 3.31. The SMILES string of the molecule is O=C1NC(=Nc2ccc(F)cc2)S/C1=C\c1ccc(-c2cc(C(=O)O)ccc2Cl)o1. The summed E-state index contributed by atoms with van der Waals surface area (Å²) in [7, 11) is 0. The van der Waals surface area contributed by atoms with Gasteiger partial charge in [0.2, 0.25) is 0 Å². The number of aromatic carboxylic acids is 1. The molecule has 2 aromatic carbocycles. The molecule has 0 bridgehead atoms. The molecule has 0 spiro atoms. The third-order valence-corrected chi connectivity index (χ3v) is 5.33. The van der Waals surface area contributed by atoms with Crippen LogP contribution in [-0.4, -0.2) is 22.2 Å². The minimum absolute atomic E-state index is 0.0816. The molecule has 1 amide bonds. The van der Waals surface area contributed by atoms with Crippen LogP contribution in [0, 0.1) is 5.82 Å². The average molecular weight is 443 g/mol. The molecule has 30 heavy (non-hydrogen) atoms. The smallest absolute Gasteiger partial charge is 0.335 e. The van der Waals surface area contributed by atoms with Crippen molar-refractivity contribution in [2.75, 3.05) is 0 Å². The van der Waals surface area contributed by atoms with E-state index < -0.39 is 5.97 Å². The van der Waals surface area contributed by atoms with E-state index in [1.165, 1.54) is 42.5 Å². The Hall–Kier alpha value is -3.36. The highest BCUT2D eigenvalue weighted by Crippen LogP contribution is 2.33. The second kappa shape index (κ2) is 8.17. The van der Waals surface area contributed by atoms with Crippen LogP contribution < -0.4 is 5.32 Å². The summed E-state index contributed by atoms with van der Waals surface area (Å²) in [6.45, 7) is 0. The number of amidine groups is 1. The molecule has 2 heterocycles. The Labute approximate surface area is 179 Å². The summed E-state index contributed by atoms with van der Waals surface area (Å²) in [5, 5.41) is 12.5. The van der Waals surface area contributed by atoms with E-state index >= 15 is 0 Å². The molecule has 6 nitrogen and oxygen atoms in total. The van der Waals surface area contributed by atoms with Crippen molar-refractivity contribution < 1.29 is 23.5 Å². The zero-order valence-corrected chi connectivity index (χ0v) is 16.6. The van der Waals surface area contributed by atoms with Crippen LogP contribution in [0.3, 0.4) is 0 Å². The van der Waals surface area contributed by atoms with E-state index in [9.17, 15) is 14.0 Å². The van der Waals surface area contributed by atoms with Gasteiger partial charge in [0, 0.05) is 11.6 Å². The minimum Gasteiger partial charge on any atom is -0.478 e. The molecule has 150 valence electrons. The number of carbonyl (C=O) groups excluding carboxylic acids is 1. The number of aliphatic imine (C=N–C) groups is 1. The first kappa shape index (κ1) is 19.9. The number of rotatable bonds is 4. The van der Waals surface area contributed by atoms with Crippen molar-refractivity contribution in [1.29, 1.82) is 0 Å². The maximum absolute atomic E-state index is 13.0. The van der Waals surface area contributed by atoms with Crippen molar-refractivity contribution in [2.45, 2.75) is 0 Å². The van der Waals surface area contributed by atoms with Crippen molar-refractivity contribution in [1.82, 2.24) is 5.32 Å². The van der Waals surface area contributed by atoms with Crippen molar-refractivity contribution in [3.05, 3.63) is 81.7 Å². The Morgan fingerprint density at radius 1 is 1.17 bits per heavy atom. The fraction of sp³-hybridized carbons (Fsp3) is 0. The summed E-state index contributed by atoms with van der Waals surface area (Å²) in [6.07, 6.45) is 1.55. The number of carbonyl (C=O) groups is 2. The number of carboxylic acid groups (broad SMARTS) is 1. The number of carboxylic acids is 1. The quantitative estimate of drug-likeness (QED) is 0.533. The zero-order valence-electron chi connectivity index (χ0n) is 15.1. The Bertz CT molecular complexity index is 1220. The van der Waals surface area contributed by atoms with Crippen LogP contribution in [0.2, 0.25) is 5.02 Å². The number of furan rings is 1. The number of nitrogens with one attached hydrogen (secondary N) is 1. The maximum atomic E-state index is 13.0. The van der Waals surface area contributed by atoms with Crippen LogP contribution in [0.25, 0.3) is 17.4 Å². The molecule has 1 aliphatic heterocycles. The second-order valence-electron chi connectivity index (χ2n) is 6.16. The molecule has 4 rings (SSSR count). The highest BCUT2D eigenvalue weighted by Gasteiger charge is 2.24. The van der Waals surface area contributed by atoms with Gasteiger partial charge in [0.1, 0.15) is 17.3 Å². The highest BCUT2D eigenvalue weighted by molar-refractivity contribution is 8.18. The molecular formula is C21H12ClFN2O4S. The topological polar surface area (TPSA) is 91.9 Å². The van der Waals surface area contributed by atoms with Crippen molar-refractivity contribution in [2.24, 2.45) is 4.99 Å². The summed E-state index contributed by atoms with van der Waals surface area (Å²) in [5.74, 6) is -1.02. The molecule has 1 saturated heterocycles. The van der Waals surface area contributed by atoms with E-state index in [1.807, 2.05) is 0 Å². The molecule has 0 unspecified atom stereocenters. The fourth-order valence-corrected chi connectivity index (χ4v) is 3.70. The highest BCUT2D eigenvalue weighted by atomic mass is 35.5. The van der Waals surface area contributed by atoms with E-state index in [-0.39, 0.29) is 17.3 Å². The van der Waals surface area contributed by atoms with Gasteiger partial charge in [-0.1, -0.05) is 11.6 Å². The summed E-state index contributed by atoms with van der Waals surface area (Å²) >= 11 is 7.29. The van der Waals surface area contributed by atoms with Crippen LogP contribution in [0.5, 0.6) is 0 Å². The zero-order chi connectivity index (χ0) is 21.3. The van der Waals surface area contributed by atoms with E-state index in [1.54, 1.807) is 18.2 Å². The molecule has 3 aromatic rings. The molecule has 0 atom stereocenters. The third kappa shape index (κ3) is 4.29. The van der Waals surface area contributed by atoms with Gasteiger partial charge in [0.05, 0.1) is 21.2 Å². The lowest BCUT2D eigenvalue weighted by Crippen LogP contribution is -2.19. The normalized spacial score (nSPS) is 16.3. The predicted octanol–water partition coefficient (Wildman–Crippen LogP) is 5.33. The first-order chi connectivity index (χ1) is 14.4. The number of nitrogens with zero attached hydrogens (tertiary/aromatic N) is 1. The number of halogens is 2. The number of thioether (sulfide) groups is 1. The first-order valence-electron chi connectivity index (χ1n) is 8.57. The van der Waals surface area contributed by atoms with E-state index in [4.69, 9.17) is 21.1 Å². The second-order valence-corrected chi connectivity index (χ2v) is 7.60. The number of hydrogen-bond acceptors (Lipinski definition) is 5. The van der Waals surface area contributed by atoms with Crippen LogP contribution in [0.4, 0.5) is 10.1 Å². The van der Waals surface area contributed by atoms with Crippen molar-refractivity contribution >= 4 is 52.2 Å². The summed E-state index contributed by atoms with van der Waals surface area (Å²) in [4.78, 5) is 28.0. The molecule has 0 aliphatic carbocycles. The van der Waals surface area contributed by atoms with Gasteiger partial charge in [0.25, 0.3) is 5.91 Å². The molecule has 1 aromatic heterocycles. The number of amides is 1. The molecule has 2 N–H and O–H groups in total. The van der Waals surface area contributed by atoms with Gasteiger partial charge in [-0.05, 0) is 66.4 Å². The van der Waals surface area contributed by atoms with Gasteiger partial charge < -0.3 is 14.8 Å². The summed E-state index contributed by atoms with van der Waals surface area (Å²) in [6, 6.07) is 13.2. The largest absolute Gasteiger partial charge is 0.478 e. The lowest BCUT2D eigenvalue weighted by atomic mass is 10.1.